The van der Waals surface area contributed by atoms with Crippen molar-refractivity contribution in [1.82, 2.24) is 10.2 Å². The molecular weight excluding hydrogens is 376 g/mol. The van der Waals surface area contributed by atoms with Gasteiger partial charge in [-0.2, -0.15) is 0 Å². The first-order chi connectivity index (χ1) is 14.1. The molecular formula is C21H24N2O6. The van der Waals surface area contributed by atoms with Crippen molar-refractivity contribution < 1.29 is 28.3 Å². The molecule has 2 aromatic rings. The number of esters is 1. The van der Waals surface area contributed by atoms with Gasteiger partial charge >= 0.3 is 5.97 Å². The average molecular weight is 400 g/mol. The normalized spacial score (nSPS) is 18.9. The van der Waals surface area contributed by atoms with E-state index >= 15 is 0 Å². The van der Waals surface area contributed by atoms with Crippen molar-refractivity contribution in [2.45, 2.75) is 38.1 Å². The maximum absolute atomic E-state index is 12.7. The molecule has 1 N–H and O–H groups in total. The molecule has 2 heterocycles. The zero-order valence-corrected chi connectivity index (χ0v) is 16.4. The summed E-state index contributed by atoms with van der Waals surface area (Å²) < 4.78 is 16.3. The van der Waals surface area contributed by atoms with E-state index in [1.54, 1.807) is 6.07 Å². The highest BCUT2D eigenvalue weighted by molar-refractivity contribution is 5.92. The minimum atomic E-state index is -0.879. The molecule has 0 spiro atoms. The second-order valence-corrected chi connectivity index (χ2v) is 7.33. The van der Waals surface area contributed by atoms with Crippen molar-refractivity contribution in [3.8, 4) is 5.75 Å². The number of nitrogens with one attached hydrogen (secondary N) is 1. The van der Waals surface area contributed by atoms with Crippen molar-refractivity contribution in [3.05, 3.63) is 29.5 Å². The van der Waals surface area contributed by atoms with E-state index in [1.165, 1.54) is 17.6 Å². The fourth-order valence-electron chi connectivity index (χ4n) is 4.02. The van der Waals surface area contributed by atoms with Crippen LogP contribution >= 0.6 is 0 Å². The summed E-state index contributed by atoms with van der Waals surface area (Å²) in [6.07, 6.45) is 4.05. The SMILES string of the molecule is COC(=O)C[C@@H]1C(=O)NCCN1C(=O)COc1ccc2oc3c(c2c1)CCCC3. The number of hydrogen-bond donors (Lipinski definition) is 1. The average Bonchev–Trinajstić information content (AvgIpc) is 3.11. The summed E-state index contributed by atoms with van der Waals surface area (Å²) in [7, 11) is 1.25. The number of benzene rings is 1. The summed E-state index contributed by atoms with van der Waals surface area (Å²) in [4.78, 5) is 37.8. The van der Waals surface area contributed by atoms with E-state index in [0.717, 1.165) is 42.4 Å². The third-order valence-corrected chi connectivity index (χ3v) is 5.53. The first-order valence-corrected chi connectivity index (χ1v) is 9.88. The van der Waals surface area contributed by atoms with E-state index in [0.29, 0.717) is 18.8 Å². The third kappa shape index (κ3) is 3.92. The number of aryl methyl sites for hydroxylation is 2. The molecule has 2 aliphatic rings. The van der Waals surface area contributed by atoms with Gasteiger partial charge in [-0.15, -0.1) is 0 Å². The van der Waals surface area contributed by atoms with Crippen LogP contribution in [0.25, 0.3) is 11.0 Å². The van der Waals surface area contributed by atoms with Crippen LogP contribution in [-0.2, 0) is 32.0 Å². The molecule has 154 valence electrons. The number of piperazine rings is 1. The van der Waals surface area contributed by atoms with E-state index < -0.39 is 12.0 Å². The molecule has 1 saturated heterocycles. The van der Waals surface area contributed by atoms with E-state index in [4.69, 9.17) is 9.15 Å². The van der Waals surface area contributed by atoms with Crippen molar-refractivity contribution in [2.24, 2.45) is 0 Å². The van der Waals surface area contributed by atoms with Crippen molar-refractivity contribution in [1.29, 1.82) is 0 Å². The maximum atomic E-state index is 12.7. The number of nitrogens with zero attached hydrogens (tertiary/aromatic N) is 1. The maximum Gasteiger partial charge on any atom is 0.308 e. The molecule has 1 aliphatic carbocycles. The Morgan fingerprint density at radius 1 is 1.28 bits per heavy atom. The zero-order valence-electron chi connectivity index (χ0n) is 16.4. The number of fused-ring (bicyclic) bond motifs is 3. The lowest BCUT2D eigenvalue weighted by Gasteiger charge is -2.34. The van der Waals surface area contributed by atoms with Gasteiger partial charge < -0.3 is 24.1 Å². The van der Waals surface area contributed by atoms with Crippen LogP contribution in [0.4, 0.5) is 0 Å². The molecule has 1 aliphatic heterocycles. The van der Waals surface area contributed by atoms with E-state index in [1.807, 2.05) is 12.1 Å². The van der Waals surface area contributed by atoms with E-state index in [-0.39, 0.29) is 24.8 Å². The highest BCUT2D eigenvalue weighted by Crippen LogP contribution is 2.34. The van der Waals surface area contributed by atoms with Gasteiger partial charge in [0, 0.05) is 30.5 Å². The van der Waals surface area contributed by atoms with Crippen LogP contribution in [0.2, 0.25) is 0 Å². The Morgan fingerprint density at radius 2 is 2.10 bits per heavy atom. The van der Waals surface area contributed by atoms with Crippen LogP contribution in [0.15, 0.2) is 22.6 Å². The Morgan fingerprint density at radius 3 is 2.93 bits per heavy atom. The molecule has 1 aromatic heterocycles. The highest BCUT2D eigenvalue weighted by atomic mass is 16.5. The van der Waals surface area contributed by atoms with E-state index in [2.05, 4.69) is 10.1 Å². The Labute approximate surface area is 168 Å². The standard InChI is InChI=1S/C21H24N2O6/c1-27-20(25)11-16-21(26)22-8-9-23(16)19(24)12-28-13-6-7-18-15(10-13)14-4-2-3-5-17(14)29-18/h6-7,10,16H,2-5,8-9,11-12H2,1H3,(H,22,26)/t16-/m1/s1. The fourth-order valence-corrected chi connectivity index (χ4v) is 4.02. The minimum absolute atomic E-state index is 0.179. The molecule has 29 heavy (non-hydrogen) atoms. The Kier molecular flexibility index (Phi) is 5.42. The number of methoxy groups -OCH3 is 1. The quantitative estimate of drug-likeness (QED) is 0.766. The minimum Gasteiger partial charge on any atom is -0.484 e. The third-order valence-electron chi connectivity index (χ3n) is 5.53. The number of carbonyl (C=O) groups is 3. The van der Waals surface area contributed by atoms with Crippen LogP contribution in [-0.4, -0.2) is 55.5 Å². The molecule has 1 fully saturated rings. The molecule has 1 aromatic carbocycles. The van der Waals surface area contributed by atoms with E-state index in [9.17, 15) is 14.4 Å². The number of furan rings is 1. The molecule has 0 bridgehead atoms. The summed E-state index contributed by atoms with van der Waals surface area (Å²) in [5, 5.41) is 3.71. The summed E-state index contributed by atoms with van der Waals surface area (Å²) in [5.74, 6) is 0.376. The van der Waals surface area contributed by atoms with Gasteiger partial charge in [0.25, 0.3) is 5.91 Å². The lowest BCUT2D eigenvalue weighted by Crippen LogP contribution is -2.58. The lowest BCUT2D eigenvalue weighted by molar-refractivity contribution is -0.151. The Hall–Kier alpha value is -3.03. The first-order valence-electron chi connectivity index (χ1n) is 9.88. The summed E-state index contributed by atoms with van der Waals surface area (Å²) in [6.45, 7) is 0.454. The van der Waals surface area contributed by atoms with Crippen molar-refractivity contribution >= 4 is 28.8 Å². The van der Waals surface area contributed by atoms with Gasteiger partial charge in [-0.1, -0.05) is 0 Å². The monoisotopic (exact) mass is 400 g/mol. The lowest BCUT2D eigenvalue weighted by atomic mass is 9.96. The molecule has 8 heteroatoms. The number of amides is 2. The summed E-state index contributed by atoms with van der Waals surface area (Å²) in [6, 6.07) is 4.67. The first kappa shape index (κ1) is 19.3. The molecule has 8 nitrogen and oxygen atoms in total. The van der Waals surface area contributed by atoms with Crippen LogP contribution in [0.3, 0.4) is 0 Å². The van der Waals surface area contributed by atoms with Gasteiger partial charge in [0.15, 0.2) is 6.61 Å². The second kappa shape index (κ2) is 8.14. The molecule has 0 radical (unpaired) electrons. The Balaban J connectivity index is 1.45. The van der Waals surface area contributed by atoms with Crippen LogP contribution in [0.5, 0.6) is 5.75 Å². The van der Waals surface area contributed by atoms with Gasteiger partial charge in [0.2, 0.25) is 5.91 Å². The second-order valence-electron chi connectivity index (χ2n) is 7.33. The predicted octanol–water partition coefficient (Wildman–Crippen LogP) is 1.58. The smallest absolute Gasteiger partial charge is 0.308 e. The van der Waals surface area contributed by atoms with Crippen LogP contribution in [0, 0.1) is 0 Å². The van der Waals surface area contributed by atoms with Gasteiger partial charge in [0.05, 0.1) is 13.5 Å². The molecule has 1 atom stereocenters. The van der Waals surface area contributed by atoms with Crippen LogP contribution in [0.1, 0.15) is 30.6 Å². The largest absolute Gasteiger partial charge is 0.484 e. The van der Waals surface area contributed by atoms with Crippen LogP contribution < -0.4 is 10.1 Å². The predicted molar refractivity (Wildman–Crippen MR) is 103 cm³/mol. The highest BCUT2D eigenvalue weighted by Gasteiger charge is 2.35. The molecule has 0 saturated carbocycles. The Bertz CT molecular complexity index is 950. The van der Waals surface area contributed by atoms with Gasteiger partial charge in [-0.25, -0.2) is 0 Å². The number of hydrogen-bond acceptors (Lipinski definition) is 6. The van der Waals surface area contributed by atoms with Gasteiger partial charge in [-0.05, 0) is 37.5 Å². The number of carbonyl (C=O) groups excluding carboxylic acids is 3. The van der Waals surface area contributed by atoms with Gasteiger partial charge in [0.1, 0.15) is 23.1 Å². The van der Waals surface area contributed by atoms with Crippen molar-refractivity contribution in [3.63, 3.8) is 0 Å². The van der Waals surface area contributed by atoms with Crippen molar-refractivity contribution in [2.75, 3.05) is 26.8 Å². The molecule has 4 rings (SSSR count). The number of ether oxygens (including phenoxy) is 2. The number of rotatable bonds is 5. The topological polar surface area (TPSA) is 98.1 Å². The summed E-state index contributed by atoms with van der Waals surface area (Å²) in [5.41, 5.74) is 2.07. The fraction of sp³-hybridized carbons (Fsp3) is 0.476. The summed E-state index contributed by atoms with van der Waals surface area (Å²) >= 11 is 0. The molecule has 2 amide bonds. The zero-order chi connectivity index (χ0) is 20.4. The molecule has 0 unspecified atom stereocenters. The van der Waals surface area contributed by atoms with Gasteiger partial charge in [-0.3, -0.25) is 14.4 Å².